The second-order valence-corrected chi connectivity index (χ2v) is 7.06. The predicted octanol–water partition coefficient (Wildman–Crippen LogP) is 3.45. The number of ether oxygens (including phenoxy) is 1. The van der Waals surface area contributed by atoms with Crippen LogP contribution in [0.5, 0.6) is 0 Å². The maximum atomic E-state index is 12.5. The van der Waals surface area contributed by atoms with Crippen LogP contribution in [0.2, 0.25) is 0 Å². The number of allylic oxidation sites excluding steroid dienone is 2. The molecule has 0 rings (SSSR count). The van der Waals surface area contributed by atoms with E-state index < -0.39 is 17.6 Å². The fourth-order valence-corrected chi connectivity index (χ4v) is 1.95. The van der Waals surface area contributed by atoms with Crippen molar-refractivity contribution in [3.05, 3.63) is 23.4 Å². The van der Waals surface area contributed by atoms with Gasteiger partial charge in [-0.05, 0) is 45.8 Å². The zero-order chi connectivity index (χ0) is 19.2. The van der Waals surface area contributed by atoms with Crippen molar-refractivity contribution in [3.63, 3.8) is 0 Å². The molecule has 0 aliphatic carbocycles. The molecule has 0 spiro atoms. The van der Waals surface area contributed by atoms with Gasteiger partial charge in [-0.25, -0.2) is 4.79 Å². The van der Waals surface area contributed by atoms with Crippen molar-refractivity contribution in [2.75, 3.05) is 20.6 Å². The fraction of sp³-hybridized carbons (Fsp3) is 0.611. The summed E-state index contributed by atoms with van der Waals surface area (Å²) in [6.07, 6.45) is 0.776. The number of nitrogens with one attached hydrogen (secondary N) is 1. The van der Waals surface area contributed by atoms with Gasteiger partial charge in [-0.15, -0.1) is 0 Å². The van der Waals surface area contributed by atoms with Gasteiger partial charge in [-0.3, -0.25) is 4.79 Å². The van der Waals surface area contributed by atoms with Gasteiger partial charge in [-0.2, -0.15) is 0 Å². The quantitative estimate of drug-likeness (QED) is 0.596. The summed E-state index contributed by atoms with van der Waals surface area (Å²) in [6.45, 7) is 14.9. The Kier molecular flexibility index (Phi) is 7.90. The minimum atomic E-state index is -0.574. The highest BCUT2D eigenvalue weighted by molar-refractivity contribution is 5.83. The van der Waals surface area contributed by atoms with Gasteiger partial charge < -0.3 is 19.9 Å². The summed E-state index contributed by atoms with van der Waals surface area (Å²) in [5.74, 6) is -0.551. The van der Waals surface area contributed by atoms with Crippen LogP contribution in [0.15, 0.2) is 23.4 Å². The smallest absolute Gasteiger partial charge is 0.410 e. The summed E-state index contributed by atoms with van der Waals surface area (Å²) in [5, 5.41) is 7.29. The van der Waals surface area contributed by atoms with Crippen molar-refractivity contribution in [1.29, 1.82) is 5.41 Å². The van der Waals surface area contributed by atoms with E-state index in [4.69, 9.17) is 10.1 Å². The number of likely N-dealkylation sites (N-methyl/N-ethyl adjacent to an activating group) is 1. The molecule has 136 valence electrons. The zero-order valence-corrected chi connectivity index (χ0v) is 16.2. The SMILES string of the molecule is C=C(/C(C)=C(/C)C=N)N(C)C(=O)C(C)CN(C)C(=O)OC(C)(C)C. The third kappa shape index (κ3) is 6.56. The molecule has 0 aliphatic rings. The highest BCUT2D eigenvalue weighted by atomic mass is 16.6. The van der Waals surface area contributed by atoms with Crippen LogP contribution < -0.4 is 0 Å². The van der Waals surface area contributed by atoms with Gasteiger partial charge in [-0.1, -0.05) is 13.5 Å². The Hall–Kier alpha value is -2.11. The first-order valence-corrected chi connectivity index (χ1v) is 7.90. The van der Waals surface area contributed by atoms with Gasteiger partial charge in [0.05, 0.1) is 5.92 Å². The van der Waals surface area contributed by atoms with Gasteiger partial charge in [0.15, 0.2) is 0 Å². The molecule has 1 unspecified atom stereocenters. The minimum absolute atomic E-state index is 0.146. The molecule has 0 heterocycles. The van der Waals surface area contributed by atoms with E-state index in [1.165, 1.54) is 16.0 Å². The average molecular weight is 337 g/mol. The molecule has 0 saturated carbocycles. The molecule has 0 aliphatic heterocycles. The van der Waals surface area contributed by atoms with Crippen LogP contribution in [-0.2, 0) is 9.53 Å². The molecule has 0 radical (unpaired) electrons. The fourth-order valence-electron chi connectivity index (χ4n) is 1.95. The van der Waals surface area contributed by atoms with E-state index in [-0.39, 0.29) is 12.5 Å². The van der Waals surface area contributed by atoms with E-state index in [0.29, 0.717) is 5.70 Å². The molecule has 0 saturated heterocycles. The first kappa shape index (κ1) is 21.9. The highest BCUT2D eigenvalue weighted by Crippen LogP contribution is 2.18. The second kappa shape index (κ2) is 8.66. The van der Waals surface area contributed by atoms with Gasteiger partial charge in [0.25, 0.3) is 0 Å². The molecule has 6 nitrogen and oxygen atoms in total. The molecule has 24 heavy (non-hydrogen) atoms. The topological polar surface area (TPSA) is 73.7 Å². The van der Waals surface area contributed by atoms with E-state index >= 15 is 0 Å². The summed E-state index contributed by atoms with van der Waals surface area (Å²) < 4.78 is 5.28. The predicted molar refractivity (Wildman–Crippen MR) is 97.1 cm³/mol. The summed E-state index contributed by atoms with van der Waals surface area (Å²) in [7, 11) is 3.26. The molecule has 1 N–H and O–H groups in total. The van der Waals surface area contributed by atoms with E-state index in [2.05, 4.69) is 6.58 Å². The number of rotatable bonds is 6. The van der Waals surface area contributed by atoms with Crippen molar-refractivity contribution >= 4 is 18.2 Å². The van der Waals surface area contributed by atoms with Gasteiger partial charge >= 0.3 is 6.09 Å². The Labute approximate surface area is 145 Å². The summed E-state index contributed by atoms with van der Waals surface area (Å²) in [5.41, 5.74) is 1.51. The Morgan fingerprint density at radius 3 is 2.17 bits per heavy atom. The zero-order valence-electron chi connectivity index (χ0n) is 16.2. The lowest BCUT2D eigenvalue weighted by Crippen LogP contribution is -2.41. The Morgan fingerprint density at radius 1 is 1.25 bits per heavy atom. The van der Waals surface area contributed by atoms with Crippen LogP contribution in [0.4, 0.5) is 4.79 Å². The molecule has 1 atom stereocenters. The Balaban J connectivity index is 4.91. The van der Waals surface area contributed by atoms with Crippen LogP contribution in [0, 0.1) is 11.3 Å². The first-order valence-electron chi connectivity index (χ1n) is 7.90. The van der Waals surface area contributed by atoms with Crippen LogP contribution in [0.25, 0.3) is 0 Å². The molecular weight excluding hydrogens is 306 g/mol. The maximum absolute atomic E-state index is 12.5. The number of hydrogen-bond donors (Lipinski definition) is 1. The van der Waals surface area contributed by atoms with Gasteiger partial charge in [0.2, 0.25) is 5.91 Å². The van der Waals surface area contributed by atoms with Crippen molar-refractivity contribution in [2.24, 2.45) is 5.92 Å². The van der Waals surface area contributed by atoms with Crippen LogP contribution in [0.3, 0.4) is 0 Å². The molecular formula is C18H31N3O3. The molecule has 2 amide bonds. The number of amides is 2. The number of carbonyl (C=O) groups excluding carboxylic acids is 2. The molecule has 0 aromatic carbocycles. The lowest BCUT2D eigenvalue weighted by Gasteiger charge is -2.28. The summed E-state index contributed by atoms with van der Waals surface area (Å²) in [6, 6.07) is 0. The monoisotopic (exact) mass is 337 g/mol. The van der Waals surface area contributed by atoms with Gasteiger partial charge in [0.1, 0.15) is 5.60 Å². The third-order valence-electron chi connectivity index (χ3n) is 3.65. The molecule has 6 heteroatoms. The molecule has 0 aromatic heterocycles. The van der Waals surface area contributed by atoms with E-state index in [1.54, 1.807) is 48.7 Å². The van der Waals surface area contributed by atoms with Crippen molar-refractivity contribution < 1.29 is 14.3 Å². The number of nitrogens with zero attached hydrogens (tertiary/aromatic N) is 2. The van der Waals surface area contributed by atoms with Crippen LogP contribution in [0.1, 0.15) is 41.5 Å². The summed E-state index contributed by atoms with van der Waals surface area (Å²) >= 11 is 0. The number of carbonyl (C=O) groups is 2. The van der Waals surface area contributed by atoms with E-state index in [9.17, 15) is 9.59 Å². The Bertz CT molecular complexity index is 544. The highest BCUT2D eigenvalue weighted by Gasteiger charge is 2.25. The standard InChI is InChI=1S/C18H31N3O3/c1-12(10-19)14(3)15(4)21(9)16(22)13(2)11-20(8)17(23)24-18(5,6)7/h10,13,19H,4,11H2,1-3,5-9H3/b14-12-,19-10?. The van der Waals surface area contributed by atoms with Crippen LogP contribution in [-0.4, -0.2) is 54.3 Å². The van der Waals surface area contributed by atoms with E-state index in [1.807, 2.05) is 6.92 Å². The van der Waals surface area contributed by atoms with E-state index in [0.717, 1.165) is 11.1 Å². The van der Waals surface area contributed by atoms with Crippen molar-refractivity contribution in [2.45, 2.75) is 47.1 Å². The molecule has 0 aromatic rings. The average Bonchev–Trinajstić information content (AvgIpc) is 2.49. The van der Waals surface area contributed by atoms with Crippen molar-refractivity contribution in [3.8, 4) is 0 Å². The third-order valence-corrected chi connectivity index (χ3v) is 3.65. The minimum Gasteiger partial charge on any atom is -0.444 e. The lowest BCUT2D eigenvalue weighted by molar-refractivity contribution is -0.132. The second-order valence-electron chi connectivity index (χ2n) is 7.06. The summed E-state index contributed by atoms with van der Waals surface area (Å²) in [4.78, 5) is 27.4. The van der Waals surface area contributed by atoms with Crippen molar-refractivity contribution in [1.82, 2.24) is 9.80 Å². The molecule has 0 fully saturated rings. The lowest BCUT2D eigenvalue weighted by atomic mass is 10.1. The molecule has 0 bridgehead atoms. The van der Waals surface area contributed by atoms with Crippen LogP contribution >= 0.6 is 0 Å². The maximum Gasteiger partial charge on any atom is 0.410 e. The normalized spacial score (nSPS) is 13.5. The number of hydrogen-bond acceptors (Lipinski definition) is 4. The Morgan fingerprint density at radius 2 is 1.75 bits per heavy atom. The first-order chi connectivity index (χ1) is 10.8. The van der Waals surface area contributed by atoms with Gasteiger partial charge in [0, 0.05) is 32.6 Å². The largest absolute Gasteiger partial charge is 0.444 e.